The van der Waals surface area contributed by atoms with E-state index in [4.69, 9.17) is 9.47 Å². The van der Waals surface area contributed by atoms with Crippen molar-refractivity contribution in [1.29, 1.82) is 0 Å². The van der Waals surface area contributed by atoms with Crippen molar-refractivity contribution in [3.05, 3.63) is 65.2 Å². The predicted octanol–water partition coefficient (Wildman–Crippen LogP) is 4.38. The Morgan fingerprint density at radius 3 is 2.53 bits per heavy atom. The quantitative estimate of drug-likeness (QED) is 0.479. The molecular weight excluding hydrogens is 454 g/mol. The molecule has 34 heavy (non-hydrogen) atoms. The molecule has 3 aromatic rings. The number of benzene rings is 1. The third-order valence-electron chi connectivity index (χ3n) is 5.27. The maximum Gasteiger partial charge on any atom is 0.350 e. The summed E-state index contributed by atoms with van der Waals surface area (Å²) >= 11 is 1.23. The molecule has 4 rings (SSSR count). The van der Waals surface area contributed by atoms with Gasteiger partial charge in [-0.05, 0) is 43.5 Å². The number of esters is 2. The zero-order chi connectivity index (χ0) is 23.9. The zero-order valence-electron chi connectivity index (χ0n) is 18.8. The van der Waals surface area contributed by atoms with E-state index in [1.54, 1.807) is 31.3 Å². The number of carbonyl (C=O) groups is 3. The van der Waals surface area contributed by atoms with Crippen LogP contribution in [0.5, 0.6) is 0 Å². The number of nitrogens with zero attached hydrogens (tertiary/aromatic N) is 2. The molecule has 1 amide bonds. The van der Waals surface area contributed by atoms with Crippen LogP contribution in [0.4, 0.5) is 11.5 Å². The van der Waals surface area contributed by atoms with E-state index < -0.39 is 24.5 Å². The summed E-state index contributed by atoms with van der Waals surface area (Å²) in [5.41, 5.74) is 1.56. The molecule has 0 spiro atoms. The molecule has 8 nitrogen and oxygen atoms in total. The minimum atomic E-state index is -0.619. The molecule has 0 unspecified atom stereocenters. The average Bonchev–Trinajstić information content (AvgIpc) is 3.54. The molecule has 1 saturated heterocycles. The van der Waals surface area contributed by atoms with Crippen molar-refractivity contribution >= 4 is 40.7 Å². The van der Waals surface area contributed by atoms with Crippen LogP contribution in [0.3, 0.4) is 0 Å². The smallest absolute Gasteiger partial charge is 0.350 e. The van der Waals surface area contributed by atoms with Gasteiger partial charge in [-0.1, -0.05) is 30.3 Å². The molecule has 1 fully saturated rings. The summed E-state index contributed by atoms with van der Waals surface area (Å²) in [4.78, 5) is 45.2. The van der Waals surface area contributed by atoms with Gasteiger partial charge in [0.2, 0.25) is 0 Å². The topological polar surface area (TPSA) is 97.8 Å². The van der Waals surface area contributed by atoms with E-state index in [0.29, 0.717) is 17.1 Å². The predicted molar refractivity (Wildman–Crippen MR) is 130 cm³/mol. The first-order chi connectivity index (χ1) is 16.6. The molecule has 1 N–H and O–H groups in total. The second kappa shape index (κ2) is 10.9. The number of hydrogen-bond donors (Lipinski definition) is 1. The first kappa shape index (κ1) is 23.4. The summed E-state index contributed by atoms with van der Waals surface area (Å²) in [7, 11) is 0. The van der Waals surface area contributed by atoms with E-state index in [-0.39, 0.29) is 11.5 Å². The van der Waals surface area contributed by atoms with Gasteiger partial charge in [-0.3, -0.25) is 4.79 Å². The van der Waals surface area contributed by atoms with Crippen molar-refractivity contribution in [2.75, 3.05) is 36.5 Å². The van der Waals surface area contributed by atoms with E-state index in [9.17, 15) is 14.4 Å². The number of carbonyl (C=O) groups excluding carboxylic acids is 3. The molecular formula is C25H25N3O5S. The minimum absolute atomic E-state index is 0.215. The highest BCUT2D eigenvalue weighted by atomic mass is 32.1. The number of ether oxygens (including phenoxy) is 2. The Balaban J connectivity index is 1.45. The largest absolute Gasteiger partial charge is 0.462 e. The van der Waals surface area contributed by atoms with Gasteiger partial charge in [-0.15, -0.1) is 11.3 Å². The van der Waals surface area contributed by atoms with Crippen LogP contribution in [-0.2, 0) is 14.3 Å². The number of aromatic nitrogens is 1. The van der Waals surface area contributed by atoms with Crippen LogP contribution in [0.15, 0.2) is 54.7 Å². The lowest BCUT2D eigenvalue weighted by Gasteiger charge is -2.18. The van der Waals surface area contributed by atoms with Crippen molar-refractivity contribution in [3.8, 4) is 10.4 Å². The van der Waals surface area contributed by atoms with Crippen molar-refractivity contribution in [1.82, 2.24) is 4.98 Å². The van der Waals surface area contributed by atoms with Crippen molar-refractivity contribution in [2.45, 2.75) is 19.8 Å². The highest BCUT2D eigenvalue weighted by Crippen LogP contribution is 2.35. The maximum absolute atomic E-state index is 12.7. The molecule has 1 aromatic carbocycles. The van der Waals surface area contributed by atoms with Crippen molar-refractivity contribution < 1.29 is 23.9 Å². The van der Waals surface area contributed by atoms with E-state index in [0.717, 1.165) is 36.4 Å². The highest BCUT2D eigenvalue weighted by Gasteiger charge is 2.23. The summed E-state index contributed by atoms with van der Waals surface area (Å²) in [6, 6.07) is 14.6. The van der Waals surface area contributed by atoms with Crippen LogP contribution in [-0.4, -0.2) is 49.1 Å². The molecule has 9 heteroatoms. The fraction of sp³-hybridized carbons (Fsp3) is 0.280. The number of anilines is 2. The number of rotatable bonds is 8. The summed E-state index contributed by atoms with van der Waals surface area (Å²) < 4.78 is 10.4. The van der Waals surface area contributed by atoms with E-state index >= 15 is 0 Å². The molecule has 0 saturated carbocycles. The molecule has 1 aliphatic rings. The van der Waals surface area contributed by atoms with Crippen molar-refractivity contribution in [3.63, 3.8) is 0 Å². The first-order valence-corrected chi connectivity index (χ1v) is 11.9. The summed E-state index contributed by atoms with van der Waals surface area (Å²) in [6.07, 6.45) is 3.72. The molecule has 2 aromatic heterocycles. The Bertz CT molecular complexity index is 1170. The lowest BCUT2D eigenvalue weighted by atomic mass is 10.2. The average molecular weight is 480 g/mol. The first-order valence-electron chi connectivity index (χ1n) is 11.1. The lowest BCUT2D eigenvalue weighted by molar-refractivity contribution is -0.119. The standard InChI is InChI=1S/C25H25N3O5S/c1-2-32-25(31)22-19(15-20(34-22)17-9-4-3-5-10-17)27-21(29)16-33-24(30)18-11-8-12-26-23(18)28-13-6-7-14-28/h3-5,8-12,15H,2,6-7,13-14,16H2,1H3,(H,27,29). The molecule has 0 atom stereocenters. The molecule has 0 radical (unpaired) electrons. The molecule has 176 valence electrons. The third-order valence-corrected chi connectivity index (χ3v) is 6.44. The summed E-state index contributed by atoms with van der Waals surface area (Å²) in [5.74, 6) is -1.12. The highest BCUT2D eigenvalue weighted by molar-refractivity contribution is 7.18. The van der Waals surface area contributed by atoms with Gasteiger partial charge in [0.05, 0.1) is 12.3 Å². The van der Waals surface area contributed by atoms with E-state index in [1.165, 1.54) is 11.3 Å². The number of amides is 1. The SMILES string of the molecule is CCOC(=O)c1sc(-c2ccccc2)cc1NC(=O)COC(=O)c1cccnc1N1CCCC1. The van der Waals surface area contributed by atoms with Gasteiger partial charge in [0, 0.05) is 24.2 Å². The van der Waals surface area contributed by atoms with E-state index in [2.05, 4.69) is 10.3 Å². The number of pyridine rings is 1. The molecule has 3 heterocycles. The van der Waals surface area contributed by atoms with Gasteiger partial charge < -0.3 is 19.7 Å². The normalized spacial score (nSPS) is 12.9. The lowest BCUT2D eigenvalue weighted by Crippen LogP contribution is -2.25. The van der Waals surface area contributed by atoms with Crippen LogP contribution < -0.4 is 10.2 Å². The van der Waals surface area contributed by atoms with Gasteiger partial charge in [-0.25, -0.2) is 14.6 Å². The van der Waals surface area contributed by atoms with Crippen molar-refractivity contribution in [2.24, 2.45) is 0 Å². The van der Waals surface area contributed by atoms with Crippen LogP contribution in [0.25, 0.3) is 10.4 Å². The Labute approximate surface area is 201 Å². The van der Waals surface area contributed by atoms with Crippen LogP contribution in [0, 0.1) is 0 Å². The van der Waals surface area contributed by atoms with Crippen LogP contribution in [0.1, 0.15) is 39.8 Å². The number of thiophene rings is 1. The van der Waals surface area contributed by atoms with Crippen LogP contribution >= 0.6 is 11.3 Å². The van der Waals surface area contributed by atoms with Gasteiger partial charge in [0.15, 0.2) is 6.61 Å². The van der Waals surface area contributed by atoms with Gasteiger partial charge >= 0.3 is 11.9 Å². The Hall–Kier alpha value is -3.72. The fourth-order valence-corrected chi connectivity index (χ4v) is 4.72. The van der Waals surface area contributed by atoms with Gasteiger partial charge in [-0.2, -0.15) is 0 Å². The Kier molecular flexibility index (Phi) is 7.54. The van der Waals surface area contributed by atoms with Gasteiger partial charge in [0.25, 0.3) is 5.91 Å². The Morgan fingerprint density at radius 2 is 1.79 bits per heavy atom. The number of nitrogens with one attached hydrogen (secondary N) is 1. The van der Waals surface area contributed by atoms with Gasteiger partial charge in [0.1, 0.15) is 16.3 Å². The Morgan fingerprint density at radius 1 is 1.03 bits per heavy atom. The summed E-state index contributed by atoms with van der Waals surface area (Å²) in [6.45, 7) is 3.10. The maximum atomic E-state index is 12.7. The second-order valence-corrected chi connectivity index (χ2v) is 8.69. The molecule has 0 bridgehead atoms. The second-order valence-electron chi connectivity index (χ2n) is 7.63. The van der Waals surface area contributed by atoms with E-state index in [1.807, 2.05) is 35.2 Å². The zero-order valence-corrected chi connectivity index (χ0v) is 19.6. The van der Waals surface area contributed by atoms with Crippen LogP contribution in [0.2, 0.25) is 0 Å². The summed E-state index contributed by atoms with van der Waals surface area (Å²) in [5, 5.41) is 2.68. The fourth-order valence-electron chi connectivity index (χ4n) is 3.71. The molecule has 1 aliphatic heterocycles. The minimum Gasteiger partial charge on any atom is -0.462 e. The molecule has 0 aliphatic carbocycles. The number of hydrogen-bond acceptors (Lipinski definition) is 8. The third kappa shape index (κ3) is 5.43. The monoisotopic (exact) mass is 479 g/mol.